The Balaban J connectivity index is 1.96. The van der Waals surface area contributed by atoms with Crippen LogP contribution in [0.4, 0.5) is 0 Å². The zero-order valence-corrected chi connectivity index (χ0v) is 10.4. The van der Waals surface area contributed by atoms with Gasteiger partial charge in [-0.15, -0.1) is 21.5 Å². The van der Waals surface area contributed by atoms with Gasteiger partial charge in [0.25, 0.3) is 5.89 Å². The fraction of sp³-hybridized carbons (Fsp3) is 0. The summed E-state index contributed by atoms with van der Waals surface area (Å²) in [4.78, 5) is 11.3. The maximum atomic E-state index is 10.4. The van der Waals surface area contributed by atoms with Crippen molar-refractivity contribution in [3.8, 4) is 10.8 Å². The lowest BCUT2D eigenvalue weighted by atomic mass is 10.2. The van der Waals surface area contributed by atoms with Gasteiger partial charge < -0.3 is 9.52 Å². The fourth-order valence-electron chi connectivity index (χ4n) is 1.63. The van der Waals surface area contributed by atoms with E-state index in [1.165, 1.54) is 6.08 Å². The van der Waals surface area contributed by atoms with Crippen molar-refractivity contribution in [1.29, 1.82) is 0 Å². The average Bonchev–Trinajstić information content (AvgIpc) is 3.02. The molecule has 19 heavy (non-hydrogen) atoms. The van der Waals surface area contributed by atoms with E-state index in [2.05, 4.69) is 10.2 Å². The van der Waals surface area contributed by atoms with Crippen molar-refractivity contribution in [3.05, 3.63) is 42.3 Å². The molecule has 0 bridgehead atoms. The minimum absolute atomic E-state index is 0.176. The van der Waals surface area contributed by atoms with Crippen LogP contribution in [0.15, 0.2) is 40.8 Å². The van der Waals surface area contributed by atoms with Crippen molar-refractivity contribution in [2.75, 3.05) is 0 Å². The standard InChI is InChI=1S/C13H8N2O3S/c16-12(17)6-5-11-14-15-13(18-11)10-7-8-3-1-2-4-9(8)19-10/h1-7H,(H,16,17)/b6-5+. The lowest BCUT2D eigenvalue weighted by molar-refractivity contribution is -0.131. The zero-order valence-electron chi connectivity index (χ0n) is 9.61. The van der Waals surface area contributed by atoms with Gasteiger partial charge >= 0.3 is 5.97 Å². The molecule has 0 radical (unpaired) electrons. The summed E-state index contributed by atoms with van der Waals surface area (Å²) in [6, 6.07) is 9.94. The molecule has 0 fully saturated rings. The number of aromatic nitrogens is 2. The highest BCUT2D eigenvalue weighted by molar-refractivity contribution is 7.22. The number of carbonyl (C=O) groups is 1. The minimum Gasteiger partial charge on any atom is -0.478 e. The maximum Gasteiger partial charge on any atom is 0.328 e. The molecule has 0 unspecified atom stereocenters. The Bertz CT molecular complexity index is 740. The van der Waals surface area contributed by atoms with Gasteiger partial charge in [0.05, 0.1) is 4.88 Å². The van der Waals surface area contributed by atoms with Crippen molar-refractivity contribution >= 4 is 33.5 Å². The minimum atomic E-state index is -1.05. The maximum absolute atomic E-state index is 10.4. The molecule has 5 nitrogen and oxygen atoms in total. The Labute approximate surface area is 111 Å². The van der Waals surface area contributed by atoms with Crippen LogP contribution in [0.1, 0.15) is 5.89 Å². The predicted molar refractivity (Wildman–Crippen MR) is 71.8 cm³/mol. The molecule has 3 aromatic rings. The average molecular weight is 272 g/mol. The number of rotatable bonds is 3. The van der Waals surface area contributed by atoms with Gasteiger partial charge in [-0.25, -0.2) is 4.79 Å². The van der Waals surface area contributed by atoms with Gasteiger partial charge in [0.1, 0.15) is 0 Å². The molecule has 3 rings (SSSR count). The first-order valence-corrected chi connectivity index (χ1v) is 6.27. The van der Waals surface area contributed by atoms with Gasteiger partial charge in [0.15, 0.2) is 0 Å². The number of aliphatic carboxylic acids is 1. The second kappa shape index (κ2) is 4.66. The molecule has 0 aliphatic carbocycles. The van der Waals surface area contributed by atoms with E-state index in [1.807, 2.05) is 30.3 Å². The number of hydrogen-bond acceptors (Lipinski definition) is 5. The highest BCUT2D eigenvalue weighted by atomic mass is 32.1. The summed E-state index contributed by atoms with van der Waals surface area (Å²) >= 11 is 1.55. The smallest absolute Gasteiger partial charge is 0.328 e. The molecular weight excluding hydrogens is 264 g/mol. The molecule has 0 aliphatic heterocycles. The van der Waals surface area contributed by atoms with E-state index in [0.29, 0.717) is 5.89 Å². The van der Waals surface area contributed by atoms with E-state index in [-0.39, 0.29) is 5.89 Å². The van der Waals surface area contributed by atoms with Gasteiger partial charge in [-0.05, 0) is 17.5 Å². The summed E-state index contributed by atoms with van der Waals surface area (Å²) in [5.74, 6) is -0.484. The van der Waals surface area contributed by atoms with E-state index in [9.17, 15) is 4.79 Å². The molecule has 0 atom stereocenters. The first-order valence-electron chi connectivity index (χ1n) is 5.46. The van der Waals surface area contributed by atoms with Crippen LogP contribution in [0.2, 0.25) is 0 Å². The fourth-order valence-corrected chi connectivity index (χ4v) is 2.62. The molecule has 0 saturated carbocycles. The van der Waals surface area contributed by atoms with Crippen LogP contribution in [0, 0.1) is 0 Å². The molecule has 0 spiro atoms. The van der Waals surface area contributed by atoms with E-state index >= 15 is 0 Å². The molecular formula is C13H8N2O3S. The topological polar surface area (TPSA) is 76.2 Å². The molecule has 1 N–H and O–H groups in total. The summed E-state index contributed by atoms with van der Waals surface area (Å²) in [5, 5.41) is 17.3. The quantitative estimate of drug-likeness (QED) is 0.741. The highest BCUT2D eigenvalue weighted by Gasteiger charge is 2.10. The lowest BCUT2D eigenvalue weighted by Crippen LogP contribution is -1.85. The summed E-state index contributed by atoms with van der Waals surface area (Å²) < 4.78 is 6.53. The molecule has 6 heteroatoms. The van der Waals surface area contributed by atoms with Gasteiger partial charge in [-0.3, -0.25) is 0 Å². The van der Waals surface area contributed by atoms with Gasteiger partial charge in [-0.2, -0.15) is 0 Å². The second-order valence-corrected chi connectivity index (χ2v) is 4.85. The number of hydrogen-bond donors (Lipinski definition) is 1. The van der Waals surface area contributed by atoms with E-state index < -0.39 is 5.97 Å². The van der Waals surface area contributed by atoms with Crippen LogP contribution in [-0.2, 0) is 4.79 Å². The van der Waals surface area contributed by atoms with Crippen LogP contribution in [0.5, 0.6) is 0 Å². The largest absolute Gasteiger partial charge is 0.478 e. The molecule has 0 saturated heterocycles. The molecule has 1 aromatic carbocycles. The Morgan fingerprint density at radius 3 is 2.95 bits per heavy atom. The number of fused-ring (bicyclic) bond motifs is 1. The summed E-state index contributed by atoms with van der Waals surface area (Å²) in [6.07, 6.45) is 2.23. The van der Waals surface area contributed by atoms with E-state index in [4.69, 9.17) is 9.52 Å². The lowest BCUT2D eigenvalue weighted by Gasteiger charge is -1.84. The third-order valence-corrected chi connectivity index (χ3v) is 3.55. The van der Waals surface area contributed by atoms with Crippen LogP contribution >= 0.6 is 11.3 Å². The Kier molecular flexibility index (Phi) is 2.85. The van der Waals surface area contributed by atoms with Gasteiger partial charge in [0.2, 0.25) is 5.89 Å². The monoisotopic (exact) mass is 272 g/mol. The van der Waals surface area contributed by atoms with Crippen molar-refractivity contribution in [2.24, 2.45) is 0 Å². The Morgan fingerprint density at radius 1 is 1.32 bits per heavy atom. The third kappa shape index (κ3) is 2.38. The third-order valence-electron chi connectivity index (χ3n) is 2.45. The first-order chi connectivity index (χ1) is 9.22. The van der Waals surface area contributed by atoms with Crippen molar-refractivity contribution in [2.45, 2.75) is 0 Å². The summed E-state index contributed by atoms with van der Waals surface area (Å²) in [6.45, 7) is 0. The molecule has 0 aliphatic rings. The number of thiophene rings is 1. The summed E-state index contributed by atoms with van der Waals surface area (Å²) in [5.41, 5.74) is 0. The Hall–Kier alpha value is -2.47. The van der Waals surface area contributed by atoms with E-state index in [0.717, 1.165) is 21.0 Å². The zero-order chi connectivity index (χ0) is 13.2. The normalized spacial score (nSPS) is 11.4. The van der Waals surface area contributed by atoms with Gasteiger partial charge in [-0.1, -0.05) is 18.2 Å². The molecule has 2 aromatic heterocycles. The van der Waals surface area contributed by atoms with Crippen molar-refractivity contribution < 1.29 is 14.3 Å². The molecule has 94 valence electrons. The number of benzene rings is 1. The predicted octanol–water partition coefficient (Wildman–Crippen LogP) is 3.05. The van der Waals surface area contributed by atoms with Crippen molar-refractivity contribution in [1.82, 2.24) is 10.2 Å². The number of carboxylic acid groups (broad SMARTS) is 1. The SMILES string of the molecule is O=C(O)/C=C/c1nnc(-c2cc3ccccc3s2)o1. The number of nitrogens with zero attached hydrogens (tertiary/aromatic N) is 2. The van der Waals surface area contributed by atoms with Gasteiger partial charge in [0, 0.05) is 16.9 Å². The summed E-state index contributed by atoms with van der Waals surface area (Å²) in [7, 11) is 0. The van der Waals surface area contributed by atoms with Crippen LogP contribution in [-0.4, -0.2) is 21.3 Å². The van der Waals surface area contributed by atoms with E-state index in [1.54, 1.807) is 11.3 Å². The Morgan fingerprint density at radius 2 is 2.16 bits per heavy atom. The number of carboxylic acids is 1. The first kappa shape index (κ1) is 11.6. The molecule has 0 amide bonds. The van der Waals surface area contributed by atoms with Crippen LogP contribution < -0.4 is 0 Å². The van der Waals surface area contributed by atoms with Crippen molar-refractivity contribution in [3.63, 3.8) is 0 Å². The second-order valence-electron chi connectivity index (χ2n) is 3.77. The highest BCUT2D eigenvalue weighted by Crippen LogP contribution is 2.32. The van der Waals surface area contributed by atoms with Crippen LogP contribution in [0.25, 0.3) is 26.9 Å². The molecule has 2 heterocycles. The van der Waals surface area contributed by atoms with Crippen LogP contribution in [0.3, 0.4) is 0 Å².